The van der Waals surface area contributed by atoms with Gasteiger partial charge < -0.3 is 78.1 Å². The summed E-state index contributed by atoms with van der Waals surface area (Å²) < 4.78 is 42.9. The molecule has 536 valence electrons. The van der Waals surface area contributed by atoms with Gasteiger partial charge in [0.15, 0.2) is 0 Å². The number of hydrogen-bond acceptors (Lipinski definition) is 28. The van der Waals surface area contributed by atoms with Crippen LogP contribution in [0.15, 0.2) is 0 Å². The van der Waals surface area contributed by atoms with Gasteiger partial charge in [-0.25, -0.2) is 21.0 Å². The molecular weight excluding hydrogens is 1190 g/mol. The molecular formula is C60H128B4N12O16. The highest BCUT2D eigenvalue weighted by molar-refractivity contribution is 6.51. The first-order valence-corrected chi connectivity index (χ1v) is 33.4. The normalized spacial score (nSPS) is 25.3. The Kier molecular flexibility index (Phi) is 68.1. The standard InChI is InChI=1S/8C7H15NO.4CH2BNO2/c8*1-3-8-4-5-9-7(2)6-8;4*3-1-2(4)5/h8*7H,3-6H2,1-2H3;4*4-5H. The maximum atomic E-state index is 7.56. The fourth-order valence-electron chi connectivity index (χ4n) is 9.42. The van der Waals surface area contributed by atoms with E-state index in [1.54, 1.807) is 0 Å². The van der Waals surface area contributed by atoms with Gasteiger partial charge in [-0.3, -0.25) is 39.2 Å². The van der Waals surface area contributed by atoms with Crippen LogP contribution in [0.3, 0.4) is 0 Å². The Bertz CT molecular complexity index is 1470. The fourth-order valence-corrected chi connectivity index (χ4v) is 9.42. The van der Waals surface area contributed by atoms with Gasteiger partial charge >= 0.3 is 28.5 Å². The molecule has 8 atom stereocenters. The highest BCUT2D eigenvalue weighted by atomic mass is 16.5. The van der Waals surface area contributed by atoms with Gasteiger partial charge in [-0.2, -0.15) is 0 Å². The molecule has 0 amide bonds. The van der Waals surface area contributed by atoms with E-state index in [1.807, 2.05) is 0 Å². The molecule has 0 spiro atoms. The molecule has 8 unspecified atom stereocenters. The third-order valence-electron chi connectivity index (χ3n) is 14.6. The SMILES string of the molecule is CCN1CCOC(C)C1.CCN1CCOC(C)C1.CCN1CCOC(C)C1.CCN1CCOC(C)C1.CCN1CCOC(C)C1.CCN1CCOC(C)C1.CCN1CCOC(C)C1.CCN1CCOC(C)C1.N#CB(O)O.N#CB(O)O.N#CB(O)O.N#CB(O)O. The van der Waals surface area contributed by atoms with Crippen LogP contribution in [-0.4, -0.2) is 367 Å². The van der Waals surface area contributed by atoms with Gasteiger partial charge in [0.2, 0.25) is 0 Å². The molecule has 0 aromatic rings. The van der Waals surface area contributed by atoms with Crippen LogP contribution in [0.1, 0.15) is 111 Å². The summed E-state index contributed by atoms with van der Waals surface area (Å²) in [5, 5.41) is 90.0. The number of morpholine rings is 8. The lowest BCUT2D eigenvalue weighted by molar-refractivity contribution is -0.0163. The van der Waals surface area contributed by atoms with Crippen molar-refractivity contribution < 1.29 is 78.1 Å². The average molecular weight is 1320 g/mol. The predicted octanol–water partition coefficient (Wildman–Crippen LogP) is -0.0961. The van der Waals surface area contributed by atoms with E-state index in [1.165, 1.54) is 0 Å². The molecule has 0 aromatic heterocycles. The molecule has 8 aliphatic rings. The first kappa shape index (κ1) is 95.7. The van der Waals surface area contributed by atoms with E-state index in [-0.39, 0.29) is 0 Å². The predicted molar refractivity (Wildman–Crippen MR) is 363 cm³/mol. The minimum absolute atomic E-state index is 0.443. The number of likely N-dealkylation sites (N-methyl/N-ethyl adjacent to an activating group) is 8. The highest BCUT2D eigenvalue weighted by Gasteiger charge is 2.19. The van der Waals surface area contributed by atoms with Crippen molar-refractivity contribution in [1.29, 1.82) is 21.0 Å². The molecule has 8 fully saturated rings. The van der Waals surface area contributed by atoms with Crippen molar-refractivity contribution in [3.63, 3.8) is 0 Å². The third-order valence-corrected chi connectivity index (χ3v) is 14.6. The van der Waals surface area contributed by atoms with Gasteiger partial charge in [0, 0.05) is 105 Å². The van der Waals surface area contributed by atoms with E-state index >= 15 is 0 Å². The van der Waals surface area contributed by atoms with Crippen LogP contribution in [0, 0.1) is 44.9 Å². The van der Waals surface area contributed by atoms with Crippen molar-refractivity contribution >= 4 is 28.5 Å². The Hall–Kier alpha value is -2.74. The second kappa shape index (κ2) is 65.5. The minimum atomic E-state index is -1.81. The van der Waals surface area contributed by atoms with Crippen LogP contribution in [0.2, 0.25) is 0 Å². The van der Waals surface area contributed by atoms with E-state index in [4.69, 9.17) is 99.1 Å². The zero-order valence-electron chi connectivity index (χ0n) is 59.8. The average Bonchev–Trinajstić information content (AvgIpc) is 3.78. The van der Waals surface area contributed by atoms with Gasteiger partial charge in [-0.15, -0.1) is 0 Å². The van der Waals surface area contributed by atoms with Crippen LogP contribution in [0.4, 0.5) is 0 Å². The Morgan fingerprint density at radius 2 is 0.337 bits per heavy atom. The molecule has 0 saturated carbocycles. The van der Waals surface area contributed by atoms with Crippen molar-refractivity contribution in [3.8, 4) is 23.9 Å². The summed E-state index contributed by atoms with van der Waals surface area (Å²) in [5.74, 6) is 4.56. The van der Waals surface area contributed by atoms with Crippen LogP contribution >= 0.6 is 0 Å². The molecule has 32 heteroatoms. The number of nitriles is 4. The second-order valence-corrected chi connectivity index (χ2v) is 22.6. The van der Waals surface area contributed by atoms with Gasteiger partial charge in [-0.1, -0.05) is 55.4 Å². The number of nitrogens with zero attached hydrogens (tertiary/aromatic N) is 12. The minimum Gasteiger partial charge on any atom is -0.415 e. The first-order chi connectivity index (χ1) is 43.7. The molecule has 8 saturated heterocycles. The molecule has 92 heavy (non-hydrogen) atoms. The lowest BCUT2D eigenvalue weighted by atomic mass is 9.97. The van der Waals surface area contributed by atoms with Crippen LogP contribution in [-0.2, 0) is 37.9 Å². The summed E-state index contributed by atoms with van der Waals surface area (Å²) in [4.78, 5) is 19.3. The third kappa shape index (κ3) is 63.3. The molecule has 0 bridgehead atoms. The highest BCUT2D eigenvalue weighted by Crippen LogP contribution is 2.08. The van der Waals surface area contributed by atoms with Crippen molar-refractivity contribution in [2.75, 3.05) is 210 Å². The maximum absolute atomic E-state index is 7.56. The van der Waals surface area contributed by atoms with E-state index in [2.05, 4.69) is 150 Å². The Morgan fingerprint density at radius 1 is 0.250 bits per heavy atom. The lowest BCUT2D eigenvalue weighted by Crippen LogP contribution is -2.40. The second-order valence-electron chi connectivity index (χ2n) is 22.6. The van der Waals surface area contributed by atoms with E-state index in [0.717, 1.165) is 234 Å². The summed E-state index contributed by atoms with van der Waals surface area (Å²) in [5.41, 5.74) is 0. The van der Waals surface area contributed by atoms with Gasteiger partial charge in [0.25, 0.3) is 0 Å². The summed E-state index contributed by atoms with van der Waals surface area (Å²) in [6, 6.07) is 0. The van der Waals surface area contributed by atoms with Crippen molar-refractivity contribution in [2.45, 2.75) is 160 Å². The molecule has 8 heterocycles. The smallest absolute Gasteiger partial charge is 0.415 e. The molecule has 0 radical (unpaired) electrons. The molecule has 8 rings (SSSR count). The van der Waals surface area contributed by atoms with E-state index < -0.39 is 28.5 Å². The molecule has 8 aliphatic heterocycles. The van der Waals surface area contributed by atoms with Crippen LogP contribution < -0.4 is 0 Å². The largest absolute Gasteiger partial charge is 0.573 e. The molecule has 8 N–H and O–H groups in total. The van der Waals surface area contributed by atoms with Gasteiger partial charge in [0.05, 0.1) is 126 Å². The lowest BCUT2D eigenvalue weighted by Gasteiger charge is -2.29. The Balaban J connectivity index is -0.000000463. The number of hydrogen-bond donors (Lipinski definition) is 8. The molecule has 0 aromatic carbocycles. The summed E-state index contributed by atoms with van der Waals surface area (Å²) >= 11 is 0. The summed E-state index contributed by atoms with van der Waals surface area (Å²) in [7, 11) is -7.24. The first-order valence-electron chi connectivity index (χ1n) is 33.4. The fraction of sp³-hybridized carbons (Fsp3) is 0.933. The van der Waals surface area contributed by atoms with Gasteiger partial charge in [0.1, 0.15) is 0 Å². The number of ether oxygens (including phenoxy) is 8. The monoisotopic (exact) mass is 1320 g/mol. The Morgan fingerprint density at radius 3 is 0.380 bits per heavy atom. The quantitative estimate of drug-likeness (QED) is 0.147. The number of rotatable bonds is 8. The van der Waals surface area contributed by atoms with E-state index in [0.29, 0.717) is 48.8 Å². The summed E-state index contributed by atoms with van der Waals surface area (Å²) in [6.07, 6.45) is 3.55. The van der Waals surface area contributed by atoms with Crippen molar-refractivity contribution in [3.05, 3.63) is 0 Å². The van der Waals surface area contributed by atoms with Crippen LogP contribution in [0.5, 0.6) is 0 Å². The maximum Gasteiger partial charge on any atom is 0.573 e. The van der Waals surface area contributed by atoms with Crippen LogP contribution in [0.25, 0.3) is 0 Å². The zero-order valence-corrected chi connectivity index (χ0v) is 59.8. The molecule has 0 aliphatic carbocycles. The zero-order chi connectivity index (χ0) is 70.7. The van der Waals surface area contributed by atoms with Gasteiger partial charge in [-0.05, 0) is 108 Å². The summed E-state index contributed by atoms with van der Waals surface area (Å²) in [6.45, 7) is 68.9. The Labute approximate surface area is 558 Å². The van der Waals surface area contributed by atoms with Crippen molar-refractivity contribution in [1.82, 2.24) is 39.2 Å². The van der Waals surface area contributed by atoms with E-state index in [9.17, 15) is 0 Å². The topological polar surface area (TPSA) is 357 Å². The van der Waals surface area contributed by atoms with Crippen molar-refractivity contribution in [2.24, 2.45) is 0 Å². The molecule has 28 nitrogen and oxygen atoms in total.